The Balaban J connectivity index is 1.45. The summed E-state index contributed by atoms with van der Waals surface area (Å²) in [6.45, 7) is 0.714. The normalized spacial score (nSPS) is 10.7. The number of pyridine rings is 2. The predicted octanol–water partition coefficient (Wildman–Crippen LogP) is 4.63. The zero-order chi connectivity index (χ0) is 20.8. The van der Waals surface area contributed by atoms with Crippen LogP contribution in [-0.2, 0) is 0 Å². The Hall–Kier alpha value is -3.80. The van der Waals surface area contributed by atoms with E-state index in [9.17, 15) is 9.18 Å². The van der Waals surface area contributed by atoms with Crippen LogP contribution in [0.2, 0.25) is 0 Å². The van der Waals surface area contributed by atoms with Crippen LogP contribution in [0, 0.1) is 5.82 Å². The lowest BCUT2D eigenvalue weighted by Gasteiger charge is -2.11. The fourth-order valence-corrected chi connectivity index (χ4v) is 3.14. The van der Waals surface area contributed by atoms with E-state index in [0.717, 1.165) is 16.5 Å². The third-order valence-corrected chi connectivity index (χ3v) is 4.62. The number of fused-ring (bicyclic) bond motifs is 1. The summed E-state index contributed by atoms with van der Waals surface area (Å²) < 4.78 is 19.0. The van der Waals surface area contributed by atoms with Gasteiger partial charge in [-0.05, 0) is 42.8 Å². The van der Waals surface area contributed by atoms with Crippen LogP contribution in [0.15, 0.2) is 79.1 Å². The number of benzene rings is 2. The second-order valence-electron chi connectivity index (χ2n) is 6.70. The molecule has 0 bridgehead atoms. The topological polar surface area (TPSA) is 64.1 Å². The lowest BCUT2D eigenvalue weighted by molar-refractivity contribution is 0.0953. The molecule has 0 radical (unpaired) electrons. The Morgan fingerprint density at radius 2 is 1.87 bits per heavy atom. The number of para-hydroxylation sites is 2. The standard InChI is InChI=1S/C24H20FN3O2/c25-20-9-2-4-11-23(20)30-14-6-13-27-24(29)19-15-22(17-7-5-12-26-16-17)28-21-10-3-1-8-18(19)21/h1-5,7-12,15-16H,6,13-14H2,(H,27,29). The van der Waals surface area contributed by atoms with Crippen molar-refractivity contribution in [3.63, 3.8) is 0 Å². The fourth-order valence-electron chi connectivity index (χ4n) is 3.14. The number of hydrogen-bond acceptors (Lipinski definition) is 4. The van der Waals surface area contributed by atoms with Crippen molar-refractivity contribution >= 4 is 16.8 Å². The minimum Gasteiger partial charge on any atom is -0.490 e. The number of nitrogens with zero attached hydrogens (tertiary/aromatic N) is 2. The molecular weight excluding hydrogens is 381 g/mol. The lowest BCUT2D eigenvalue weighted by Crippen LogP contribution is -2.26. The van der Waals surface area contributed by atoms with Crippen LogP contribution in [0.1, 0.15) is 16.8 Å². The average Bonchev–Trinajstić information content (AvgIpc) is 2.79. The molecule has 4 aromatic rings. The number of carbonyl (C=O) groups is 1. The van der Waals surface area contributed by atoms with E-state index in [1.54, 1.807) is 36.7 Å². The Morgan fingerprint density at radius 3 is 2.70 bits per heavy atom. The van der Waals surface area contributed by atoms with E-state index in [0.29, 0.717) is 30.8 Å². The molecule has 2 aromatic heterocycles. The van der Waals surface area contributed by atoms with Gasteiger partial charge in [-0.25, -0.2) is 9.37 Å². The molecule has 0 saturated carbocycles. The molecule has 0 aliphatic carbocycles. The summed E-state index contributed by atoms with van der Waals surface area (Å²) in [5.41, 5.74) is 2.83. The maximum atomic E-state index is 13.6. The van der Waals surface area contributed by atoms with E-state index in [1.165, 1.54) is 6.07 Å². The first-order valence-corrected chi connectivity index (χ1v) is 9.68. The molecular formula is C24H20FN3O2. The minimum absolute atomic E-state index is 0.190. The molecule has 5 nitrogen and oxygen atoms in total. The first-order chi connectivity index (χ1) is 14.7. The smallest absolute Gasteiger partial charge is 0.252 e. The van der Waals surface area contributed by atoms with Crippen molar-refractivity contribution in [2.24, 2.45) is 0 Å². The first-order valence-electron chi connectivity index (χ1n) is 9.68. The van der Waals surface area contributed by atoms with Gasteiger partial charge < -0.3 is 10.1 Å². The molecule has 2 heterocycles. The third-order valence-electron chi connectivity index (χ3n) is 4.62. The molecule has 150 valence electrons. The van der Waals surface area contributed by atoms with Crippen LogP contribution in [0.4, 0.5) is 4.39 Å². The molecule has 0 spiro atoms. The molecule has 0 fully saturated rings. The molecule has 2 aromatic carbocycles. The summed E-state index contributed by atoms with van der Waals surface area (Å²) >= 11 is 0. The van der Waals surface area contributed by atoms with Crippen molar-refractivity contribution in [1.82, 2.24) is 15.3 Å². The van der Waals surface area contributed by atoms with Crippen molar-refractivity contribution in [1.29, 1.82) is 0 Å². The highest BCUT2D eigenvalue weighted by Crippen LogP contribution is 2.24. The van der Waals surface area contributed by atoms with E-state index in [-0.39, 0.29) is 11.7 Å². The zero-order valence-electron chi connectivity index (χ0n) is 16.2. The average molecular weight is 401 g/mol. The van der Waals surface area contributed by atoms with E-state index in [2.05, 4.69) is 15.3 Å². The molecule has 0 unspecified atom stereocenters. The maximum Gasteiger partial charge on any atom is 0.252 e. The number of nitrogens with one attached hydrogen (secondary N) is 1. The van der Waals surface area contributed by atoms with E-state index in [1.807, 2.05) is 36.4 Å². The number of amides is 1. The van der Waals surface area contributed by atoms with Gasteiger partial charge in [0.25, 0.3) is 5.91 Å². The second-order valence-corrected chi connectivity index (χ2v) is 6.70. The minimum atomic E-state index is -0.396. The summed E-state index contributed by atoms with van der Waals surface area (Å²) in [4.78, 5) is 21.7. The Morgan fingerprint density at radius 1 is 1.03 bits per heavy atom. The predicted molar refractivity (Wildman–Crippen MR) is 114 cm³/mol. The van der Waals surface area contributed by atoms with Crippen LogP contribution >= 0.6 is 0 Å². The fraction of sp³-hybridized carbons (Fsp3) is 0.125. The molecule has 1 amide bonds. The summed E-state index contributed by atoms with van der Waals surface area (Å²) in [7, 11) is 0. The van der Waals surface area contributed by atoms with E-state index >= 15 is 0 Å². The molecule has 0 saturated heterocycles. The largest absolute Gasteiger partial charge is 0.490 e. The molecule has 30 heavy (non-hydrogen) atoms. The highest BCUT2D eigenvalue weighted by atomic mass is 19.1. The number of hydrogen-bond donors (Lipinski definition) is 1. The summed E-state index contributed by atoms with van der Waals surface area (Å²) in [6.07, 6.45) is 3.97. The molecule has 0 aliphatic heterocycles. The lowest BCUT2D eigenvalue weighted by atomic mass is 10.0. The Bertz CT molecular complexity index is 1170. The Kier molecular flexibility index (Phi) is 5.94. The van der Waals surface area contributed by atoms with Crippen molar-refractivity contribution in [3.8, 4) is 17.0 Å². The van der Waals surface area contributed by atoms with Gasteiger partial charge in [0.1, 0.15) is 0 Å². The third kappa shape index (κ3) is 4.43. The molecule has 6 heteroatoms. The van der Waals surface area contributed by atoms with Crippen molar-refractivity contribution in [2.75, 3.05) is 13.2 Å². The quantitative estimate of drug-likeness (QED) is 0.459. The SMILES string of the molecule is O=C(NCCCOc1ccccc1F)c1cc(-c2cccnc2)nc2ccccc12. The van der Waals surface area contributed by atoms with Gasteiger partial charge in [-0.2, -0.15) is 0 Å². The van der Waals surface area contributed by atoms with E-state index < -0.39 is 5.82 Å². The first kappa shape index (κ1) is 19.5. The van der Waals surface area contributed by atoms with Crippen LogP contribution in [-0.4, -0.2) is 29.0 Å². The Labute approximate surface area is 173 Å². The molecule has 0 aliphatic rings. The number of halogens is 1. The summed E-state index contributed by atoms with van der Waals surface area (Å²) in [5.74, 6) is -0.373. The highest BCUT2D eigenvalue weighted by Gasteiger charge is 2.13. The summed E-state index contributed by atoms with van der Waals surface area (Å²) in [5, 5.41) is 3.70. The van der Waals surface area contributed by atoms with Gasteiger partial charge in [-0.3, -0.25) is 9.78 Å². The van der Waals surface area contributed by atoms with Gasteiger partial charge in [-0.15, -0.1) is 0 Å². The van der Waals surface area contributed by atoms with Gasteiger partial charge in [0.05, 0.1) is 23.4 Å². The van der Waals surface area contributed by atoms with Crippen LogP contribution < -0.4 is 10.1 Å². The van der Waals surface area contributed by atoms with Crippen LogP contribution in [0.5, 0.6) is 5.75 Å². The van der Waals surface area contributed by atoms with Crippen molar-refractivity contribution in [3.05, 3.63) is 90.5 Å². The molecule has 1 N–H and O–H groups in total. The van der Waals surface area contributed by atoms with Gasteiger partial charge in [-0.1, -0.05) is 30.3 Å². The van der Waals surface area contributed by atoms with Gasteiger partial charge in [0.2, 0.25) is 0 Å². The van der Waals surface area contributed by atoms with Gasteiger partial charge in [0.15, 0.2) is 11.6 Å². The molecule has 0 atom stereocenters. The van der Waals surface area contributed by atoms with Gasteiger partial charge in [0, 0.05) is 29.9 Å². The second kappa shape index (κ2) is 9.13. The molecule has 4 rings (SSSR count). The number of rotatable bonds is 7. The number of carbonyl (C=O) groups excluding carboxylic acids is 1. The maximum absolute atomic E-state index is 13.6. The van der Waals surface area contributed by atoms with E-state index in [4.69, 9.17) is 4.74 Å². The number of aromatic nitrogens is 2. The highest BCUT2D eigenvalue weighted by molar-refractivity contribution is 6.07. The van der Waals surface area contributed by atoms with Gasteiger partial charge >= 0.3 is 0 Å². The van der Waals surface area contributed by atoms with Crippen LogP contribution in [0.3, 0.4) is 0 Å². The van der Waals surface area contributed by atoms with Crippen molar-refractivity contribution in [2.45, 2.75) is 6.42 Å². The number of ether oxygens (including phenoxy) is 1. The monoisotopic (exact) mass is 401 g/mol. The summed E-state index contributed by atoms with van der Waals surface area (Å²) in [6, 6.07) is 19.3. The van der Waals surface area contributed by atoms with Crippen molar-refractivity contribution < 1.29 is 13.9 Å². The van der Waals surface area contributed by atoms with Crippen LogP contribution in [0.25, 0.3) is 22.2 Å². The zero-order valence-corrected chi connectivity index (χ0v) is 16.2.